The normalized spacial score (nSPS) is 22.1. The number of piperazine rings is 1. The van der Waals surface area contributed by atoms with E-state index in [9.17, 15) is 14.9 Å². The summed E-state index contributed by atoms with van der Waals surface area (Å²) in [6.07, 6.45) is 2.99. The molecule has 1 N–H and O–H groups in total. The van der Waals surface area contributed by atoms with E-state index < -0.39 is 0 Å². The highest BCUT2D eigenvalue weighted by atomic mass is 16.6. The van der Waals surface area contributed by atoms with E-state index in [1.807, 2.05) is 15.9 Å². The molecule has 2 saturated heterocycles. The number of benzene rings is 1. The fourth-order valence-corrected chi connectivity index (χ4v) is 4.02. The predicted molar refractivity (Wildman–Crippen MR) is 101 cm³/mol. The van der Waals surface area contributed by atoms with E-state index in [-0.39, 0.29) is 16.5 Å². The number of carbonyl (C=O) groups is 1. The van der Waals surface area contributed by atoms with Crippen molar-refractivity contribution in [3.63, 3.8) is 0 Å². The minimum absolute atomic E-state index is 0.130. The van der Waals surface area contributed by atoms with Crippen LogP contribution in [0.3, 0.4) is 0 Å². The van der Waals surface area contributed by atoms with E-state index in [0.717, 1.165) is 13.1 Å². The smallest absolute Gasteiger partial charge is 0.292 e. The molecule has 0 bridgehead atoms. The van der Waals surface area contributed by atoms with Crippen molar-refractivity contribution in [1.82, 2.24) is 10.2 Å². The maximum absolute atomic E-state index is 12.6. The predicted octanol–water partition coefficient (Wildman–Crippen LogP) is 2.27. The first-order valence-corrected chi connectivity index (χ1v) is 9.53. The molecular formula is C19H28N4O3. The second-order valence-electron chi connectivity index (χ2n) is 7.40. The van der Waals surface area contributed by atoms with Crippen LogP contribution in [-0.4, -0.2) is 55.0 Å². The van der Waals surface area contributed by atoms with E-state index in [1.54, 1.807) is 12.1 Å². The van der Waals surface area contributed by atoms with Crippen LogP contribution < -0.4 is 10.2 Å². The summed E-state index contributed by atoms with van der Waals surface area (Å²) in [4.78, 5) is 27.5. The van der Waals surface area contributed by atoms with Crippen LogP contribution in [0.25, 0.3) is 0 Å². The lowest BCUT2D eigenvalue weighted by Gasteiger charge is -2.37. The van der Waals surface area contributed by atoms with Gasteiger partial charge in [0.25, 0.3) is 5.69 Å². The lowest BCUT2D eigenvalue weighted by Crippen LogP contribution is -2.49. The maximum Gasteiger partial charge on any atom is 0.292 e. The highest BCUT2D eigenvalue weighted by Crippen LogP contribution is 2.29. The number of nitrogens with one attached hydrogen (secondary N) is 1. The van der Waals surface area contributed by atoms with Gasteiger partial charge in [-0.3, -0.25) is 14.9 Å². The molecule has 7 nitrogen and oxygen atoms in total. The van der Waals surface area contributed by atoms with Gasteiger partial charge in [-0.2, -0.15) is 0 Å². The number of hydrogen-bond donors (Lipinski definition) is 1. The molecule has 0 spiro atoms. The monoisotopic (exact) mass is 360 g/mol. The molecule has 2 heterocycles. The summed E-state index contributed by atoms with van der Waals surface area (Å²) in [5.74, 6) is 1.19. The van der Waals surface area contributed by atoms with E-state index >= 15 is 0 Å². The van der Waals surface area contributed by atoms with Gasteiger partial charge in [0.15, 0.2) is 0 Å². The third-order valence-electron chi connectivity index (χ3n) is 5.69. The Bertz CT molecular complexity index is 637. The van der Waals surface area contributed by atoms with Crippen molar-refractivity contribution in [2.75, 3.05) is 44.2 Å². The van der Waals surface area contributed by atoms with E-state index in [1.165, 1.54) is 18.9 Å². The summed E-state index contributed by atoms with van der Waals surface area (Å²) < 4.78 is 0. The highest BCUT2D eigenvalue weighted by Gasteiger charge is 2.28. The van der Waals surface area contributed by atoms with Gasteiger partial charge in [0.1, 0.15) is 5.69 Å². The van der Waals surface area contributed by atoms with Gasteiger partial charge in [-0.05, 0) is 43.8 Å². The first-order chi connectivity index (χ1) is 12.6. The molecule has 0 aromatic heterocycles. The van der Waals surface area contributed by atoms with Crippen molar-refractivity contribution in [1.29, 1.82) is 0 Å². The number of hydrogen-bond acceptors (Lipinski definition) is 5. The van der Waals surface area contributed by atoms with Crippen molar-refractivity contribution in [2.45, 2.75) is 26.2 Å². The maximum atomic E-state index is 12.6. The SMILES string of the molecule is CC(CC(=O)N1CCN(c2ccccc2[N+](=O)[O-])CC1)C1CCCNC1. The first-order valence-electron chi connectivity index (χ1n) is 9.53. The van der Waals surface area contributed by atoms with Crippen molar-refractivity contribution in [2.24, 2.45) is 11.8 Å². The van der Waals surface area contributed by atoms with E-state index in [0.29, 0.717) is 50.1 Å². The minimum Gasteiger partial charge on any atom is -0.362 e. The highest BCUT2D eigenvalue weighted by molar-refractivity contribution is 5.77. The summed E-state index contributed by atoms with van der Waals surface area (Å²) in [6, 6.07) is 6.82. The molecular weight excluding hydrogens is 332 g/mol. The second-order valence-corrected chi connectivity index (χ2v) is 7.40. The number of anilines is 1. The Kier molecular flexibility index (Phi) is 6.08. The number of para-hydroxylation sites is 2. The summed E-state index contributed by atoms with van der Waals surface area (Å²) in [7, 11) is 0. The lowest BCUT2D eigenvalue weighted by atomic mass is 9.85. The molecule has 2 fully saturated rings. The number of nitro groups is 1. The molecule has 2 aliphatic heterocycles. The van der Waals surface area contributed by atoms with Crippen molar-refractivity contribution >= 4 is 17.3 Å². The van der Waals surface area contributed by atoms with Gasteiger partial charge in [0.05, 0.1) is 4.92 Å². The van der Waals surface area contributed by atoms with Gasteiger partial charge in [0, 0.05) is 38.7 Å². The summed E-state index contributed by atoms with van der Waals surface area (Å²) in [6.45, 7) is 6.80. The molecule has 7 heteroatoms. The van der Waals surface area contributed by atoms with Crippen LogP contribution in [-0.2, 0) is 4.79 Å². The Morgan fingerprint density at radius 3 is 2.69 bits per heavy atom. The van der Waals surface area contributed by atoms with Crippen molar-refractivity contribution in [3.05, 3.63) is 34.4 Å². The average molecular weight is 360 g/mol. The first kappa shape index (κ1) is 18.6. The molecule has 0 aliphatic carbocycles. The van der Waals surface area contributed by atoms with E-state index in [4.69, 9.17) is 0 Å². The summed E-state index contributed by atoms with van der Waals surface area (Å²) in [5, 5.41) is 14.6. The molecule has 2 atom stereocenters. The fourth-order valence-electron chi connectivity index (χ4n) is 4.02. The van der Waals surface area contributed by atoms with Crippen LogP contribution >= 0.6 is 0 Å². The number of nitrogens with zero attached hydrogens (tertiary/aromatic N) is 3. The number of amides is 1. The molecule has 0 saturated carbocycles. The molecule has 2 aliphatic rings. The van der Waals surface area contributed by atoms with Crippen LogP contribution in [0.4, 0.5) is 11.4 Å². The van der Waals surface area contributed by atoms with Crippen LogP contribution in [0.5, 0.6) is 0 Å². The number of carbonyl (C=O) groups excluding carboxylic acids is 1. The Balaban J connectivity index is 1.53. The Labute approximate surface area is 154 Å². The largest absolute Gasteiger partial charge is 0.362 e. The molecule has 1 aromatic rings. The zero-order valence-electron chi connectivity index (χ0n) is 15.4. The minimum atomic E-state index is -0.341. The van der Waals surface area contributed by atoms with Gasteiger partial charge in [-0.1, -0.05) is 19.1 Å². The molecule has 26 heavy (non-hydrogen) atoms. The van der Waals surface area contributed by atoms with Gasteiger partial charge >= 0.3 is 0 Å². The van der Waals surface area contributed by atoms with Crippen LogP contribution in [0.2, 0.25) is 0 Å². The zero-order chi connectivity index (χ0) is 18.5. The molecule has 142 valence electrons. The zero-order valence-corrected chi connectivity index (χ0v) is 15.4. The Morgan fingerprint density at radius 2 is 2.04 bits per heavy atom. The molecule has 0 radical (unpaired) electrons. The Morgan fingerprint density at radius 1 is 1.31 bits per heavy atom. The summed E-state index contributed by atoms with van der Waals surface area (Å²) in [5.41, 5.74) is 0.775. The van der Waals surface area contributed by atoms with Crippen molar-refractivity contribution in [3.8, 4) is 0 Å². The van der Waals surface area contributed by atoms with Crippen molar-refractivity contribution < 1.29 is 9.72 Å². The number of nitro benzene ring substituents is 1. The number of piperidine rings is 1. The van der Waals surface area contributed by atoms with Crippen LogP contribution in [0.15, 0.2) is 24.3 Å². The molecule has 1 aromatic carbocycles. The average Bonchev–Trinajstić information content (AvgIpc) is 2.68. The van der Waals surface area contributed by atoms with Gasteiger partial charge < -0.3 is 15.1 Å². The third kappa shape index (κ3) is 4.33. The summed E-state index contributed by atoms with van der Waals surface area (Å²) >= 11 is 0. The Hall–Kier alpha value is -2.15. The third-order valence-corrected chi connectivity index (χ3v) is 5.69. The topological polar surface area (TPSA) is 78.7 Å². The molecule has 1 amide bonds. The standard InChI is InChI=1S/C19H28N4O3/c1-15(16-5-4-8-20-14-16)13-19(24)22-11-9-21(10-12-22)17-6-2-3-7-18(17)23(25)26/h2-3,6-7,15-16,20H,4-5,8-14H2,1H3. The second kappa shape index (κ2) is 8.49. The quantitative estimate of drug-likeness (QED) is 0.644. The van der Waals surface area contributed by atoms with Crippen LogP contribution in [0, 0.1) is 22.0 Å². The fraction of sp³-hybridized carbons (Fsp3) is 0.632. The van der Waals surface area contributed by atoms with Crippen LogP contribution in [0.1, 0.15) is 26.2 Å². The molecule has 2 unspecified atom stereocenters. The lowest BCUT2D eigenvalue weighted by molar-refractivity contribution is -0.384. The van der Waals surface area contributed by atoms with Gasteiger partial charge in [-0.25, -0.2) is 0 Å². The van der Waals surface area contributed by atoms with Gasteiger partial charge in [-0.15, -0.1) is 0 Å². The van der Waals surface area contributed by atoms with E-state index in [2.05, 4.69) is 12.2 Å². The number of rotatable bonds is 5. The molecule has 3 rings (SSSR count). The van der Waals surface area contributed by atoms with Gasteiger partial charge in [0.2, 0.25) is 5.91 Å².